The molecule has 1 aromatic carbocycles. The average Bonchev–Trinajstić information content (AvgIpc) is 2.43. The fraction of sp³-hybridized carbons (Fsp3) is 0.600. The van der Waals surface area contributed by atoms with Crippen LogP contribution in [0.4, 0.5) is 5.69 Å². The summed E-state index contributed by atoms with van der Waals surface area (Å²) in [6, 6.07) is 4.63. The van der Waals surface area contributed by atoms with Gasteiger partial charge in [0.25, 0.3) is 0 Å². The van der Waals surface area contributed by atoms with Crippen LogP contribution in [0.3, 0.4) is 0 Å². The number of nitro groups is 1. The van der Waals surface area contributed by atoms with Crippen LogP contribution in [0.1, 0.15) is 38.7 Å². The number of benzene rings is 1. The molecule has 1 aliphatic carbocycles. The quantitative estimate of drug-likeness (QED) is 0.678. The molecule has 0 heterocycles. The zero-order valence-electron chi connectivity index (χ0n) is 11.9. The fourth-order valence-electron chi connectivity index (χ4n) is 2.69. The van der Waals surface area contributed by atoms with Crippen molar-refractivity contribution in [2.45, 2.75) is 45.8 Å². The minimum Gasteiger partial charge on any atom is -0.483 e. The molecular formula is C15H21NO4. The fourth-order valence-corrected chi connectivity index (χ4v) is 2.69. The summed E-state index contributed by atoms with van der Waals surface area (Å²) in [5.74, 6) is 1.56. The Bertz CT molecular complexity index is 489. The second kappa shape index (κ2) is 6.22. The van der Waals surface area contributed by atoms with E-state index < -0.39 is 4.92 Å². The lowest BCUT2D eigenvalue weighted by Gasteiger charge is -2.32. The summed E-state index contributed by atoms with van der Waals surface area (Å²) in [4.78, 5) is 10.6. The van der Waals surface area contributed by atoms with Gasteiger partial charge in [-0.2, -0.15) is 0 Å². The molecule has 3 atom stereocenters. The van der Waals surface area contributed by atoms with Gasteiger partial charge in [0.2, 0.25) is 0 Å². The minimum absolute atomic E-state index is 0.0416. The van der Waals surface area contributed by atoms with Crippen molar-refractivity contribution < 1.29 is 14.8 Å². The molecular weight excluding hydrogens is 258 g/mol. The molecule has 5 heteroatoms. The molecule has 0 aromatic heterocycles. The minimum atomic E-state index is -0.455. The third-order valence-corrected chi connectivity index (χ3v) is 4.25. The van der Waals surface area contributed by atoms with Crippen LogP contribution in [0.25, 0.3) is 0 Å². The number of nitrogens with zero attached hydrogens (tertiary/aromatic N) is 1. The first-order valence-electron chi connectivity index (χ1n) is 7.06. The van der Waals surface area contributed by atoms with Crippen molar-refractivity contribution in [2.75, 3.05) is 0 Å². The van der Waals surface area contributed by atoms with Gasteiger partial charge >= 0.3 is 5.69 Å². The van der Waals surface area contributed by atoms with Crippen LogP contribution in [0, 0.1) is 22.0 Å². The molecule has 0 radical (unpaired) electrons. The molecule has 1 aromatic rings. The van der Waals surface area contributed by atoms with Gasteiger partial charge in [0.05, 0.1) is 17.6 Å². The normalized spacial score (nSPS) is 26.2. The smallest absolute Gasteiger partial charge is 0.311 e. The monoisotopic (exact) mass is 279 g/mol. The van der Waals surface area contributed by atoms with E-state index in [-0.39, 0.29) is 18.4 Å². The van der Waals surface area contributed by atoms with Gasteiger partial charge in [-0.05, 0) is 42.7 Å². The van der Waals surface area contributed by atoms with E-state index in [0.717, 1.165) is 19.3 Å². The van der Waals surface area contributed by atoms with Crippen molar-refractivity contribution >= 4 is 5.69 Å². The van der Waals surface area contributed by atoms with E-state index in [1.54, 1.807) is 12.1 Å². The SMILES string of the molecule is CC1CCC(Oc2ccc(CO)cc2[N+](=O)[O-])CC1C. The molecule has 1 N–H and O–H groups in total. The molecule has 20 heavy (non-hydrogen) atoms. The maximum absolute atomic E-state index is 11.1. The van der Waals surface area contributed by atoms with Gasteiger partial charge in [-0.25, -0.2) is 0 Å². The second-order valence-corrected chi connectivity index (χ2v) is 5.72. The Kier molecular flexibility index (Phi) is 4.60. The highest BCUT2D eigenvalue weighted by atomic mass is 16.6. The topological polar surface area (TPSA) is 72.6 Å². The Morgan fingerprint density at radius 2 is 2.10 bits per heavy atom. The summed E-state index contributed by atoms with van der Waals surface area (Å²) in [7, 11) is 0. The van der Waals surface area contributed by atoms with Gasteiger partial charge < -0.3 is 9.84 Å². The van der Waals surface area contributed by atoms with Crippen molar-refractivity contribution in [1.29, 1.82) is 0 Å². The van der Waals surface area contributed by atoms with Crippen LogP contribution < -0.4 is 4.74 Å². The summed E-state index contributed by atoms with van der Waals surface area (Å²) in [6.45, 7) is 4.22. The van der Waals surface area contributed by atoms with Crippen molar-refractivity contribution in [2.24, 2.45) is 11.8 Å². The van der Waals surface area contributed by atoms with E-state index in [2.05, 4.69) is 13.8 Å². The third-order valence-electron chi connectivity index (χ3n) is 4.25. The Morgan fingerprint density at radius 1 is 1.35 bits per heavy atom. The molecule has 1 fully saturated rings. The molecule has 2 rings (SSSR count). The summed E-state index contributed by atoms with van der Waals surface area (Å²) < 4.78 is 5.84. The van der Waals surface area contributed by atoms with Crippen LogP contribution in [0.15, 0.2) is 18.2 Å². The Labute approximate surface area is 118 Å². The Balaban J connectivity index is 2.14. The van der Waals surface area contributed by atoms with Gasteiger partial charge in [0.15, 0.2) is 5.75 Å². The van der Waals surface area contributed by atoms with E-state index in [4.69, 9.17) is 9.84 Å². The molecule has 0 amide bonds. The number of ether oxygens (including phenoxy) is 1. The lowest BCUT2D eigenvalue weighted by molar-refractivity contribution is -0.386. The zero-order valence-corrected chi connectivity index (χ0v) is 11.9. The van der Waals surface area contributed by atoms with Crippen LogP contribution >= 0.6 is 0 Å². The van der Waals surface area contributed by atoms with Crippen molar-refractivity contribution in [1.82, 2.24) is 0 Å². The first-order chi connectivity index (χ1) is 9.51. The molecule has 1 aliphatic rings. The largest absolute Gasteiger partial charge is 0.483 e. The first kappa shape index (κ1) is 14.8. The highest BCUT2D eigenvalue weighted by molar-refractivity contribution is 5.48. The van der Waals surface area contributed by atoms with E-state index >= 15 is 0 Å². The maximum Gasteiger partial charge on any atom is 0.311 e. The number of aliphatic hydroxyl groups excluding tert-OH is 1. The standard InChI is InChI=1S/C15H21NO4/c1-10-3-5-13(7-11(10)2)20-15-6-4-12(9-17)8-14(15)16(18)19/h4,6,8,10-11,13,17H,3,5,7,9H2,1-2H3. The molecule has 0 aliphatic heterocycles. The lowest BCUT2D eigenvalue weighted by Crippen LogP contribution is -2.28. The molecule has 0 spiro atoms. The van der Waals surface area contributed by atoms with Gasteiger partial charge in [0.1, 0.15) is 0 Å². The van der Waals surface area contributed by atoms with Crippen LogP contribution in [-0.4, -0.2) is 16.1 Å². The van der Waals surface area contributed by atoms with Crippen molar-refractivity contribution in [3.05, 3.63) is 33.9 Å². The number of hydrogen-bond acceptors (Lipinski definition) is 4. The van der Waals surface area contributed by atoms with Gasteiger partial charge in [0, 0.05) is 6.07 Å². The highest BCUT2D eigenvalue weighted by Gasteiger charge is 2.27. The first-order valence-corrected chi connectivity index (χ1v) is 7.06. The third kappa shape index (κ3) is 3.28. The molecule has 0 saturated heterocycles. The Morgan fingerprint density at radius 3 is 2.70 bits per heavy atom. The summed E-state index contributed by atoms with van der Waals surface area (Å²) in [6.07, 6.45) is 3.00. The van der Waals surface area contributed by atoms with Gasteiger partial charge in [-0.3, -0.25) is 10.1 Å². The molecule has 5 nitrogen and oxygen atoms in total. The van der Waals surface area contributed by atoms with Gasteiger partial charge in [-0.1, -0.05) is 19.9 Å². The highest BCUT2D eigenvalue weighted by Crippen LogP contribution is 2.35. The molecule has 0 bridgehead atoms. The number of aliphatic hydroxyl groups is 1. The predicted molar refractivity (Wildman–Crippen MR) is 75.6 cm³/mol. The van der Waals surface area contributed by atoms with Gasteiger partial charge in [-0.15, -0.1) is 0 Å². The number of nitro benzene ring substituents is 1. The van der Waals surface area contributed by atoms with Crippen molar-refractivity contribution in [3.8, 4) is 5.75 Å². The maximum atomic E-state index is 11.1. The number of rotatable bonds is 4. The summed E-state index contributed by atoms with van der Waals surface area (Å²) >= 11 is 0. The number of hydrogen-bond donors (Lipinski definition) is 1. The molecule has 1 saturated carbocycles. The van der Waals surface area contributed by atoms with Crippen LogP contribution in [0.5, 0.6) is 5.75 Å². The van der Waals surface area contributed by atoms with Crippen LogP contribution in [-0.2, 0) is 6.61 Å². The summed E-state index contributed by atoms with van der Waals surface area (Å²) in [5.41, 5.74) is 0.456. The lowest BCUT2D eigenvalue weighted by atomic mass is 9.80. The van der Waals surface area contributed by atoms with Crippen LogP contribution in [0.2, 0.25) is 0 Å². The average molecular weight is 279 g/mol. The second-order valence-electron chi connectivity index (χ2n) is 5.72. The zero-order chi connectivity index (χ0) is 14.7. The van der Waals surface area contributed by atoms with E-state index in [0.29, 0.717) is 23.1 Å². The Hall–Kier alpha value is -1.62. The van der Waals surface area contributed by atoms with E-state index in [1.165, 1.54) is 6.07 Å². The molecule has 3 unspecified atom stereocenters. The predicted octanol–water partition coefficient (Wildman–Crippen LogP) is 3.29. The van der Waals surface area contributed by atoms with E-state index in [1.807, 2.05) is 0 Å². The van der Waals surface area contributed by atoms with E-state index in [9.17, 15) is 10.1 Å². The van der Waals surface area contributed by atoms with Crippen molar-refractivity contribution in [3.63, 3.8) is 0 Å². The summed E-state index contributed by atoms with van der Waals surface area (Å²) in [5, 5.41) is 20.1. The molecule has 110 valence electrons.